The van der Waals surface area contributed by atoms with Gasteiger partial charge >= 0.3 is 0 Å². The molecule has 4 nitrogen and oxygen atoms in total. The average Bonchev–Trinajstić information content (AvgIpc) is 2.18. The van der Waals surface area contributed by atoms with Crippen LogP contribution in [-0.2, 0) is 4.79 Å². The molecule has 0 aromatic rings. The minimum absolute atomic E-state index is 0.257. The molecule has 0 unspecified atom stereocenters. The van der Waals surface area contributed by atoms with Crippen molar-refractivity contribution in [1.29, 1.82) is 0 Å². The molecule has 0 aromatic heterocycles. The molecule has 0 radical (unpaired) electrons. The highest BCUT2D eigenvalue weighted by Gasteiger charge is 2.19. The predicted molar refractivity (Wildman–Crippen MR) is 61.0 cm³/mol. The molecule has 0 aromatic carbocycles. The Kier molecular flexibility index (Phi) is 4.97. The van der Waals surface area contributed by atoms with Gasteiger partial charge in [0.2, 0.25) is 5.91 Å². The SMILES string of the molecule is NCCN1CCN(C(=O)CI)CC1. The van der Waals surface area contributed by atoms with Gasteiger partial charge in [0, 0.05) is 39.3 Å². The Balaban J connectivity index is 2.26. The van der Waals surface area contributed by atoms with Crippen molar-refractivity contribution in [2.75, 3.05) is 43.7 Å². The van der Waals surface area contributed by atoms with Crippen LogP contribution in [0.1, 0.15) is 0 Å². The number of rotatable bonds is 3. The molecule has 76 valence electrons. The summed E-state index contributed by atoms with van der Waals surface area (Å²) in [5.74, 6) is 0.257. The van der Waals surface area contributed by atoms with Crippen molar-refractivity contribution in [2.45, 2.75) is 0 Å². The van der Waals surface area contributed by atoms with E-state index in [9.17, 15) is 4.79 Å². The van der Waals surface area contributed by atoms with Crippen LogP contribution in [0.2, 0.25) is 0 Å². The van der Waals surface area contributed by atoms with E-state index in [1.807, 2.05) is 4.90 Å². The minimum atomic E-state index is 0.257. The molecule has 2 N–H and O–H groups in total. The van der Waals surface area contributed by atoms with Gasteiger partial charge in [0.05, 0.1) is 4.43 Å². The summed E-state index contributed by atoms with van der Waals surface area (Å²) in [6.07, 6.45) is 0. The molecule has 1 aliphatic heterocycles. The van der Waals surface area contributed by atoms with E-state index in [0.29, 0.717) is 11.0 Å². The zero-order chi connectivity index (χ0) is 9.68. The van der Waals surface area contributed by atoms with Gasteiger partial charge in [-0.25, -0.2) is 0 Å². The summed E-state index contributed by atoms with van der Waals surface area (Å²) in [4.78, 5) is 15.5. The van der Waals surface area contributed by atoms with E-state index in [4.69, 9.17) is 5.73 Å². The first-order chi connectivity index (χ1) is 6.27. The fourth-order valence-corrected chi connectivity index (χ4v) is 1.97. The van der Waals surface area contributed by atoms with Gasteiger partial charge in [-0.15, -0.1) is 0 Å². The highest BCUT2D eigenvalue weighted by Crippen LogP contribution is 2.02. The van der Waals surface area contributed by atoms with Crippen molar-refractivity contribution in [3.63, 3.8) is 0 Å². The molecular formula is C8H16IN3O. The van der Waals surface area contributed by atoms with Gasteiger partial charge in [0.25, 0.3) is 0 Å². The zero-order valence-corrected chi connectivity index (χ0v) is 9.87. The number of piperazine rings is 1. The van der Waals surface area contributed by atoms with Gasteiger partial charge < -0.3 is 10.6 Å². The van der Waals surface area contributed by atoms with E-state index in [-0.39, 0.29) is 5.91 Å². The van der Waals surface area contributed by atoms with E-state index in [1.54, 1.807) is 0 Å². The maximum atomic E-state index is 11.3. The van der Waals surface area contributed by atoms with Crippen LogP contribution in [0, 0.1) is 0 Å². The first kappa shape index (κ1) is 11.2. The number of nitrogens with two attached hydrogens (primary N) is 1. The number of halogens is 1. The Labute approximate surface area is 92.6 Å². The third-order valence-electron chi connectivity index (χ3n) is 2.28. The lowest BCUT2D eigenvalue weighted by Crippen LogP contribution is -2.50. The fourth-order valence-electron chi connectivity index (χ4n) is 1.49. The third-order valence-corrected chi connectivity index (χ3v) is 2.94. The van der Waals surface area contributed by atoms with Crippen molar-refractivity contribution >= 4 is 28.5 Å². The van der Waals surface area contributed by atoms with Gasteiger partial charge in [-0.05, 0) is 0 Å². The van der Waals surface area contributed by atoms with Crippen LogP contribution in [0.3, 0.4) is 0 Å². The molecule has 0 aliphatic carbocycles. The molecule has 0 saturated carbocycles. The second-order valence-electron chi connectivity index (χ2n) is 3.14. The van der Waals surface area contributed by atoms with E-state index in [0.717, 1.165) is 32.7 Å². The molecule has 1 rings (SSSR count). The van der Waals surface area contributed by atoms with Crippen LogP contribution in [0.5, 0.6) is 0 Å². The Morgan fingerprint density at radius 3 is 2.38 bits per heavy atom. The van der Waals surface area contributed by atoms with Crippen LogP contribution in [0.25, 0.3) is 0 Å². The molecule has 0 atom stereocenters. The predicted octanol–water partition coefficient (Wildman–Crippen LogP) is -0.476. The number of hydrogen-bond acceptors (Lipinski definition) is 3. The number of carbonyl (C=O) groups is 1. The molecule has 1 aliphatic rings. The molecule has 13 heavy (non-hydrogen) atoms. The smallest absolute Gasteiger partial charge is 0.232 e. The topological polar surface area (TPSA) is 49.6 Å². The second kappa shape index (κ2) is 5.77. The molecule has 0 bridgehead atoms. The monoisotopic (exact) mass is 297 g/mol. The summed E-state index contributed by atoms with van der Waals surface area (Å²) in [5, 5.41) is 0. The van der Waals surface area contributed by atoms with Crippen molar-refractivity contribution in [1.82, 2.24) is 9.80 Å². The summed E-state index contributed by atoms with van der Waals surface area (Å²) < 4.78 is 0.592. The largest absolute Gasteiger partial charge is 0.339 e. The van der Waals surface area contributed by atoms with Crippen LogP contribution in [0.4, 0.5) is 0 Å². The molecule has 1 heterocycles. The summed E-state index contributed by atoms with van der Waals surface area (Å²) in [5.41, 5.74) is 5.46. The lowest BCUT2D eigenvalue weighted by atomic mass is 10.3. The summed E-state index contributed by atoms with van der Waals surface area (Å²) in [6, 6.07) is 0. The van der Waals surface area contributed by atoms with Gasteiger partial charge in [-0.1, -0.05) is 22.6 Å². The maximum absolute atomic E-state index is 11.3. The quantitative estimate of drug-likeness (QED) is 0.566. The van der Waals surface area contributed by atoms with E-state index in [2.05, 4.69) is 27.5 Å². The zero-order valence-electron chi connectivity index (χ0n) is 7.71. The Hall–Kier alpha value is 0.120. The maximum Gasteiger partial charge on any atom is 0.232 e. The molecule has 5 heteroatoms. The summed E-state index contributed by atoms with van der Waals surface area (Å²) in [6.45, 7) is 5.33. The van der Waals surface area contributed by atoms with Gasteiger partial charge in [-0.3, -0.25) is 9.69 Å². The first-order valence-corrected chi connectivity index (χ1v) is 6.06. The number of hydrogen-bond donors (Lipinski definition) is 1. The van der Waals surface area contributed by atoms with Crippen LogP contribution >= 0.6 is 22.6 Å². The van der Waals surface area contributed by atoms with Crippen molar-refractivity contribution in [3.8, 4) is 0 Å². The van der Waals surface area contributed by atoms with E-state index in [1.165, 1.54) is 0 Å². The van der Waals surface area contributed by atoms with Crippen LogP contribution in [0.15, 0.2) is 0 Å². The normalized spacial score (nSPS) is 19.1. The van der Waals surface area contributed by atoms with Gasteiger partial charge in [0.15, 0.2) is 0 Å². The average molecular weight is 297 g/mol. The van der Waals surface area contributed by atoms with Crippen molar-refractivity contribution in [3.05, 3.63) is 0 Å². The molecule has 1 fully saturated rings. The first-order valence-electron chi connectivity index (χ1n) is 4.54. The van der Waals surface area contributed by atoms with E-state index >= 15 is 0 Å². The van der Waals surface area contributed by atoms with Crippen molar-refractivity contribution < 1.29 is 4.79 Å². The Morgan fingerprint density at radius 1 is 1.31 bits per heavy atom. The lowest BCUT2D eigenvalue weighted by molar-refractivity contribution is -0.129. The lowest BCUT2D eigenvalue weighted by Gasteiger charge is -2.34. The number of alkyl halides is 1. The third kappa shape index (κ3) is 3.40. The second-order valence-corrected chi connectivity index (χ2v) is 3.91. The van der Waals surface area contributed by atoms with Gasteiger partial charge in [-0.2, -0.15) is 0 Å². The fraction of sp³-hybridized carbons (Fsp3) is 0.875. The number of carbonyl (C=O) groups excluding carboxylic acids is 1. The number of nitrogens with zero attached hydrogens (tertiary/aromatic N) is 2. The van der Waals surface area contributed by atoms with Crippen LogP contribution < -0.4 is 5.73 Å². The molecule has 0 spiro atoms. The minimum Gasteiger partial charge on any atom is -0.339 e. The highest BCUT2D eigenvalue weighted by molar-refractivity contribution is 14.1. The highest BCUT2D eigenvalue weighted by atomic mass is 127. The molecular weight excluding hydrogens is 281 g/mol. The summed E-state index contributed by atoms with van der Waals surface area (Å²) in [7, 11) is 0. The Morgan fingerprint density at radius 2 is 1.92 bits per heavy atom. The molecule has 1 amide bonds. The van der Waals surface area contributed by atoms with E-state index < -0.39 is 0 Å². The molecule has 1 saturated heterocycles. The van der Waals surface area contributed by atoms with Crippen molar-refractivity contribution in [2.24, 2.45) is 5.73 Å². The van der Waals surface area contributed by atoms with Gasteiger partial charge in [0.1, 0.15) is 0 Å². The summed E-state index contributed by atoms with van der Waals surface area (Å²) >= 11 is 2.11. The van der Waals surface area contributed by atoms with Crippen LogP contribution in [-0.4, -0.2) is 59.4 Å². The Bertz CT molecular complexity index is 169. The standard InChI is InChI=1S/C8H16IN3O/c9-7-8(13)12-5-3-11(2-1-10)4-6-12/h1-7,10H2. The number of amides is 1.